The number of likely N-dealkylation sites (N-methyl/N-ethyl adjacent to an activating group) is 3. The van der Waals surface area contributed by atoms with Crippen molar-refractivity contribution >= 4 is 29.7 Å². The van der Waals surface area contributed by atoms with E-state index in [-0.39, 0.29) is 24.3 Å². The first-order chi connectivity index (χ1) is 27.4. The van der Waals surface area contributed by atoms with Gasteiger partial charge in [0, 0.05) is 32.9 Å². The molecule has 316 valence electrons. The quantitative estimate of drug-likeness (QED) is 0.141. The molecule has 1 unspecified atom stereocenters. The molecule has 14 nitrogen and oxygen atoms in total. The summed E-state index contributed by atoms with van der Waals surface area (Å²) >= 11 is 0. The van der Waals surface area contributed by atoms with Gasteiger partial charge in [0.1, 0.15) is 41.4 Å². The summed E-state index contributed by atoms with van der Waals surface area (Å²) in [6.45, 7) is 7.18. The molecule has 3 amide bonds. The molecule has 0 aliphatic rings. The molecule has 58 heavy (non-hydrogen) atoms. The Morgan fingerprint density at radius 2 is 1.09 bits per heavy atom. The molecule has 3 N–H and O–H groups in total. The minimum atomic E-state index is -1.23. The summed E-state index contributed by atoms with van der Waals surface area (Å²) in [5.41, 5.74) is 2.15. The number of phenols is 2. The van der Waals surface area contributed by atoms with Crippen LogP contribution in [0.15, 0.2) is 72.8 Å². The molecule has 0 aromatic heterocycles. The number of hydrogen-bond acceptors (Lipinski definition) is 11. The Balaban J connectivity index is 1.92. The van der Waals surface area contributed by atoms with Gasteiger partial charge in [-0.1, -0.05) is 64.1 Å². The Kier molecular flexibility index (Phi) is 17.5. The third-order valence-electron chi connectivity index (χ3n) is 10.5. The minimum absolute atomic E-state index is 0.00475. The molecule has 3 aromatic carbocycles. The average molecular weight is 805 g/mol. The first-order valence-electron chi connectivity index (χ1n) is 19.4. The highest BCUT2D eigenvalue weighted by Crippen LogP contribution is 2.22. The largest absolute Gasteiger partial charge is 0.508 e. The highest BCUT2D eigenvalue weighted by Gasteiger charge is 2.40. The van der Waals surface area contributed by atoms with Crippen molar-refractivity contribution in [3.05, 3.63) is 89.5 Å². The van der Waals surface area contributed by atoms with Crippen molar-refractivity contribution < 1.29 is 48.4 Å². The first kappa shape index (κ1) is 46.8. The number of nitrogens with zero attached hydrogens (tertiary/aromatic N) is 3. The van der Waals surface area contributed by atoms with Crippen LogP contribution in [0.25, 0.3) is 0 Å². The lowest BCUT2D eigenvalue weighted by atomic mass is 9.96. The molecule has 0 fully saturated rings. The fraction of sp³-hybridized carbons (Fsp3) is 0.477. The number of aromatic hydroxyl groups is 2. The zero-order valence-electron chi connectivity index (χ0n) is 35.3. The molecule has 0 saturated heterocycles. The smallest absolute Gasteiger partial charge is 0.328 e. The number of rotatable bonds is 20. The third-order valence-corrected chi connectivity index (χ3v) is 10.5. The van der Waals surface area contributed by atoms with Crippen molar-refractivity contribution in [2.45, 2.75) is 83.6 Å². The number of phenolic OH excluding ortho intramolecular Hbond substituents is 2. The standard InChI is InChI=1S/C44H60N4O10/c1-11-28(4)39(58-44(55)36(46(5)6)25-31-16-22-34(56-9)23-17-31)40(51)45-38(27(2)3)42(53)47(7)35(24-29-12-18-32(49)19-13-29)41(52)48(8)37(43(54)57-10)26-30-14-20-33(50)21-15-30/h12-23,27-28,35-39,49-50H,11,24-26H2,1-10H3,(H,45,51)/t28-,35?,36+,37-,38-,39-/m0/s1. The molecule has 0 heterocycles. The van der Waals surface area contributed by atoms with Crippen LogP contribution in [0, 0.1) is 11.8 Å². The zero-order valence-corrected chi connectivity index (χ0v) is 35.3. The van der Waals surface area contributed by atoms with Gasteiger partial charge in [0.2, 0.25) is 11.8 Å². The molecule has 0 aliphatic carbocycles. The molecule has 0 radical (unpaired) electrons. The van der Waals surface area contributed by atoms with Crippen molar-refractivity contribution in [1.82, 2.24) is 20.0 Å². The van der Waals surface area contributed by atoms with Gasteiger partial charge in [0.25, 0.3) is 5.91 Å². The van der Waals surface area contributed by atoms with Gasteiger partial charge in [-0.3, -0.25) is 24.1 Å². The van der Waals surface area contributed by atoms with E-state index in [4.69, 9.17) is 14.2 Å². The Bertz CT molecular complexity index is 1820. The zero-order chi connectivity index (χ0) is 43.3. The molecule has 3 rings (SSSR count). The number of carbonyl (C=O) groups is 5. The van der Waals surface area contributed by atoms with Crippen LogP contribution in [-0.4, -0.2) is 127 Å². The third kappa shape index (κ3) is 12.7. The topological polar surface area (TPSA) is 175 Å². The summed E-state index contributed by atoms with van der Waals surface area (Å²) < 4.78 is 16.3. The molecule has 14 heteroatoms. The summed E-state index contributed by atoms with van der Waals surface area (Å²) in [5, 5.41) is 22.6. The van der Waals surface area contributed by atoms with Crippen molar-refractivity contribution in [3.8, 4) is 17.2 Å². The van der Waals surface area contributed by atoms with E-state index < -0.39 is 71.8 Å². The maximum Gasteiger partial charge on any atom is 0.328 e. The first-order valence-corrected chi connectivity index (χ1v) is 19.4. The minimum Gasteiger partial charge on any atom is -0.508 e. The fourth-order valence-corrected chi connectivity index (χ4v) is 6.43. The Labute approximate surface area is 342 Å². The van der Waals surface area contributed by atoms with E-state index in [1.165, 1.54) is 55.3 Å². The van der Waals surface area contributed by atoms with Gasteiger partial charge < -0.3 is 39.5 Å². The van der Waals surface area contributed by atoms with E-state index in [1.54, 1.807) is 83.3 Å². The van der Waals surface area contributed by atoms with Crippen molar-refractivity contribution in [2.75, 3.05) is 42.4 Å². The number of amides is 3. The van der Waals surface area contributed by atoms with Gasteiger partial charge in [-0.25, -0.2) is 4.79 Å². The lowest BCUT2D eigenvalue weighted by Crippen LogP contribution is -2.59. The predicted molar refractivity (Wildman–Crippen MR) is 219 cm³/mol. The van der Waals surface area contributed by atoms with Crippen LogP contribution >= 0.6 is 0 Å². The summed E-state index contributed by atoms with van der Waals surface area (Å²) in [6, 6.07) is 15.6. The maximum atomic E-state index is 14.5. The van der Waals surface area contributed by atoms with Crippen molar-refractivity contribution in [3.63, 3.8) is 0 Å². The molecular weight excluding hydrogens is 745 g/mol. The van der Waals surface area contributed by atoms with E-state index in [0.29, 0.717) is 29.7 Å². The summed E-state index contributed by atoms with van der Waals surface area (Å²) in [5.74, 6) is -3.22. The number of carbonyl (C=O) groups excluding carboxylic acids is 5. The number of methoxy groups -OCH3 is 2. The van der Waals surface area contributed by atoms with Crippen LogP contribution in [0.5, 0.6) is 17.2 Å². The Morgan fingerprint density at radius 1 is 0.638 bits per heavy atom. The molecular formula is C44H60N4O10. The van der Waals surface area contributed by atoms with Crippen LogP contribution in [0.3, 0.4) is 0 Å². The van der Waals surface area contributed by atoms with Gasteiger partial charge in [-0.05, 0) is 85.9 Å². The number of esters is 2. The van der Waals surface area contributed by atoms with E-state index in [2.05, 4.69) is 5.32 Å². The Hall–Kier alpha value is -5.63. The molecule has 0 aliphatic heterocycles. The van der Waals surface area contributed by atoms with E-state index in [9.17, 15) is 34.2 Å². The second-order valence-corrected chi connectivity index (χ2v) is 15.2. The number of ether oxygens (including phenoxy) is 3. The lowest BCUT2D eigenvalue weighted by molar-refractivity contribution is -0.164. The summed E-state index contributed by atoms with van der Waals surface area (Å²) in [6.07, 6.45) is -0.341. The van der Waals surface area contributed by atoms with Crippen LogP contribution in [0.4, 0.5) is 0 Å². The highest BCUT2D eigenvalue weighted by atomic mass is 16.6. The van der Waals surface area contributed by atoms with Gasteiger partial charge in [-0.15, -0.1) is 0 Å². The number of hydrogen-bond donors (Lipinski definition) is 3. The fourth-order valence-electron chi connectivity index (χ4n) is 6.43. The van der Waals surface area contributed by atoms with E-state index in [0.717, 1.165) is 5.56 Å². The Morgan fingerprint density at radius 3 is 1.52 bits per heavy atom. The van der Waals surface area contributed by atoms with Crippen molar-refractivity contribution in [2.24, 2.45) is 11.8 Å². The van der Waals surface area contributed by atoms with E-state index >= 15 is 0 Å². The summed E-state index contributed by atoms with van der Waals surface area (Å²) in [7, 11) is 9.21. The lowest BCUT2D eigenvalue weighted by Gasteiger charge is -2.36. The van der Waals surface area contributed by atoms with Crippen LogP contribution in [0.2, 0.25) is 0 Å². The van der Waals surface area contributed by atoms with E-state index in [1.807, 2.05) is 19.1 Å². The van der Waals surface area contributed by atoms with Gasteiger partial charge in [-0.2, -0.15) is 0 Å². The van der Waals surface area contributed by atoms with Crippen LogP contribution in [-0.2, 0) is 52.7 Å². The van der Waals surface area contributed by atoms with Gasteiger partial charge in [0.15, 0.2) is 6.10 Å². The monoisotopic (exact) mass is 804 g/mol. The summed E-state index contributed by atoms with van der Waals surface area (Å²) in [4.78, 5) is 74.2. The molecule has 0 saturated carbocycles. The second kappa shape index (κ2) is 21.8. The normalized spacial score (nSPS) is 14.3. The molecule has 0 bridgehead atoms. The van der Waals surface area contributed by atoms with Crippen LogP contribution in [0.1, 0.15) is 50.8 Å². The average Bonchev–Trinajstić information content (AvgIpc) is 3.21. The van der Waals surface area contributed by atoms with Crippen molar-refractivity contribution in [1.29, 1.82) is 0 Å². The SMILES string of the molecule is CC[C@H](C)[C@H](OC(=O)[C@@H](Cc1ccc(OC)cc1)N(C)C)C(=O)N[C@H](C(=O)N(C)C(Cc1ccc(O)cc1)C(=O)N(C)[C@@H](Cc1ccc(O)cc1)C(=O)OC)C(C)C. The van der Waals surface area contributed by atoms with Gasteiger partial charge in [0.05, 0.1) is 14.2 Å². The van der Waals surface area contributed by atoms with Gasteiger partial charge >= 0.3 is 11.9 Å². The predicted octanol–water partition coefficient (Wildman–Crippen LogP) is 3.99. The van der Waals surface area contributed by atoms with Crippen LogP contribution < -0.4 is 10.1 Å². The number of benzene rings is 3. The molecule has 3 aromatic rings. The second-order valence-electron chi connectivity index (χ2n) is 15.2. The highest BCUT2D eigenvalue weighted by molar-refractivity contribution is 5.95. The molecule has 6 atom stereocenters. The number of nitrogens with one attached hydrogen (secondary N) is 1. The molecule has 0 spiro atoms. The maximum absolute atomic E-state index is 14.5.